The molecule has 0 aliphatic carbocycles. The van der Waals surface area contributed by atoms with Crippen LogP contribution < -0.4 is 5.32 Å². The van der Waals surface area contributed by atoms with Crippen molar-refractivity contribution in [1.82, 2.24) is 29.3 Å². The molecule has 9 nitrogen and oxygen atoms in total. The number of halogens is 3. The van der Waals surface area contributed by atoms with Crippen molar-refractivity contribution < 1.29 is 21.6 Å². The molecule has 1 aliphatic rings. The van der Waals surface area contributed by atoms with E-state index < -0.39 is 22.6 Å². The quantitative estimate of drug-likeness (QED) is 0.430. The highest BCUT2D eigenvalue weighted by Crippen LogP contribution is 2.24. The molecule has 0 radical (unpaired) electrons. The molecule has 0 atom stereocenters. The average Bonchev–Trinajstić information content (AvgIpc) is 3.40. The molecular formula is C22H22F3N7O2S. The largest absolute Gasteiger partial charge is 0.408 e. The topological polar surface area (TPSA) is 97.4 Å². The highest BCUT2D eigenvalue weighted by molar-refractivity contribution is 7.91. The first-order chi connectivity index (χ1) is 16.6. The zero-order valence-corrected chi connectivity index (χ0v) is 19.3. The molecule has 4 aromatic rings. The zero-order chi connectivity index (χ0) is 24.6. The number of rotatable bonds is 6. The van der Waals surface area contributed by atoms with Crippen LogP contribution in [0, 0.1) is 0 Å². The first kappa shape index (κ1) is 23.3. The molecule has 0 amide bonds. The Bertz CT molecular complexity index is 1430. The molecule has 1 aromatic carbocycles. The Morgan fingerprint density at radius 2 is 1.77 bits per heavy atom. The second kappa shape index (κ2) is 8.96. The monoisotopic (exact) mass is 505 g/mol. The van der Waals surface area contributed by atoms with Gasteiger partial charge in [-0.05, 0) is 17.7 Å². The number of pyridine rings is 1. The molecule has 13 heteroatoms. The molecule has 1 saturated heterocycles. The highest BCUT2D eigenvalue weighted by atomic mass is 32.2. The third kappa shape index (κ3) is 5.62. The first-order valence-electron chi connectivity index (χ1n) is 10.9. The maximum atomic E-state index is 12.6. The Labute approximate surface area is 199 Å². The minimum Gasteiger partial charge on any atom is -0.320 e. The molecule has 1 N–H and O–H groups in total. The number of hydrogen-bond acceptors (Lipinski definition) is 7. The molecule has 3 aromatic heterocycles. The summed E-state index contributed by atoms with van der Waals surface area (Å²) < 4.78 is 63.4. The van der Waals surface area contributed by atoms with E-state index in [-0.39, 0.29) is 17.5 Å². The van der Waals surface area contributed by atoms with Gasteiger partial charge < -0.3 is 5.32 Å². The second-order valence-corrected chi connectivity index (χ2v) is 10.7. The summed E-state index contributed by atoms with van der Waals surface area (Å²) in [6.45, 7) is 0.574. The molecule has 5 rings (SSSR count). The molecule has 0 spiro atoms. The van der Waals surface area contributed by atoms with E-state index in [1.165, 1.54) is 12.4 Å². The van der Waals surface area contributed by atoms with E-state index in [0.29, 0.717) is 31.0 Å². The smallest absolute Gasteiger partial charge is 0.320 e. The van der Waals surface area contributed by atoms with Gasteiger partial charge in [0.1, 0.15) is 6.54 Å². The predicted octanol–water partition coefficient (Wildman–Crippen LogP) is 3.13. The van der Waals surface area contributed by atoms with Gasteiger partial charge in [-0.3, -0.25) is 9.58 Å². The number of hydrogen-bond donors (Lipinski definition) is 1. The minimum absolute atomic E-state index is 0.193. The summed E-state index contributed by atoms with van der Waals surface area (Å²) in [7, 11) is -2.91. The highest BCUT2D eigenvalue weighted by Gasteiger charge is 2.28. The number of aromatic nitrogens is 5. The fraction of sp³-hybridized carbons (Fsp3) is 0.318. The van der Waals surface area contributed by atoms with Gasteiger partial charge in [0.15, 0.2) is 15.5 Å². The van der Waals surface area contributed by atoms with Gasteiger partial charge in [0, 0.05) is 31.4 Å². The summed E-state index contributed by atoms with van der Waals surface area (Å²) >= 11 is 0. The van der Waals surface area contributed by atoms with Crippen LogP contribution >= 0.6 is 0 Å². The van der Waals surface area contributed by atoms with E-state index in [1.807, 2.05) is 36.4 Å². The van der Waals surface area contributed by atoms with E-state index in [4.69, 9.17) is 0 Å². The number of alkyl halides is 3. The molecule has 0 saturated carbocycles. The molecule has 0 unspecified atom stereocenters. The van der Waals surface area contributed by atoms with E-state index in [9.17, 15) is 21.6 Å². The van der Waals surface area contributed by atoms with Crippen LogP contribution in [0.1, 0.15) is 5.56 Å². The Morgan fingerprint density at radius 3 is 2.49 bits per heavy atom. The number of sulfone groups is 1. The van der Waals surface area contributed by atoms with Gasteiger partial charge >= 0.3 is 6.18 Å². The summed E-state index contributed by atoms with van der Waals surface area (Å²) in [4.78, 5) is 6.54. The zero-order valence-electron chi connectivity index (χ0n) is 18.5. The number of nitrogens with zero attached hydrogens (tertiary/aromatic N) is 6. The Balaban J connectivity index is 1.31. The van der Waals surface area contributed by atoms with Gasteiger partial charge in [0.2, 0.25) is 5.95 Å². The third-order valence-corrected chi connectivity index (χ3v) is 7.29. The Kier molecular flexibility index (Phi) is 5.97. The van der Waals surface area contributed by atoms with Crippen LogP contribution in [0.3, 0.4) is 0 Å². The maximum absolute atomic E-state index is 12.6. The lowest BCUT2D eigenvalue weighted by molar-refractivity contribution is -0.142. The molecule has 1 aliphatic heterocycles. The van der Waals surface area contributed by atoms with E-state index in [2.05, 4.69) is 25.4 Å². The van der Waals surface area contributed by atoms with Gasteiger partial charge in [0.25, 0.3) is 0 Å². The van der Waals surface area contributed by atoms with Crippen molar-refractivity contribution in [3.8, 4) is 11.3 Å². The van der Waals surface area contributed by atoms with Gasteiger partial charge in [-0.25, -0.2) is 12.9 Å². The molecular weight excluding hydrogens is 483 g/mol. The van der Waals surface area contributed by atoms with Crippen LogP contribution in [0.25, 0.3) is 16.9 Å². The summed E-state index contributed by atoms with van der Waals surface area (Å²) in [5.41, 5.74) is 3.71. The van der Waals surface area contributed by atoms with Crippen LogP contribution in [-0.2, 0) is 22.9 Å². The van der Waals surface area contributed by atoms with Crippen LogP contribution in [0.15, 0.2) is 54.9 Å². The molecule has 35 heavy (non-hydrogen) atoms. The van der Waals surface area contributed by atoms with E-state index in [1.54, 1.807) is 10.6 Å². The molecule has 0 bridgehead atoms. The van der Waals surface area contributed by atoms with Crippen molar-refractivity contribution in [3.05, 3.63) is 60.4 Å². The average molecular weight is 506 g/mol. The number of nitrogens with one attached hydrogen (secondary N) is 1. The van der Waals surface area contributed by atoms with Crippen LogP contribution in [0.2, 0.25) is 0 Å². The normalized spacial score (nSPS) is 16.5. The molecule has 1 fully saturated rings. The standard InChI is InChI=1S/C22H22F3N7O2S/c23-22(24,25)15-31-14-18(12-26-31)27-21-28-20-3-1-2-19(32(20)29-21)17-6-4-16(5-7-17)13-30-8-10-35(33,34)11-9-30/h1-7,12,14H,8-11,13,15H2,(H,27,29). The van der Waals surface area contributed by atoms with Crippen LogP contribution in [0.5, 0.6) is 0 Å². The van der Waals surface area contributed by atoms with Crippen molar-refractivity contribution in [2.75, 3.05) is 29.9 Å². The van der Waals surface area contributed by atoms with Gasteiger partial charge in [-0.1, -0.05) is 30.3 Å². The second-order valence-electron chi connectivity index (χ2n) is 8.41. The van der Waals surface area contributed by atoms with Crippen molar-refractivity contribution in [1.29, 1.82) is 0 Å². The molecule has 184 valence electrons. The maximum Gasteiger partial charge on any atom is 0.408 e. The van der Waals surface area contributed by atoms with E-state index >= 15 is 0 Å². The SMILES string of the molecule is O=S1(=O)CCN(Cc2ccc(-c3cccc4nc(Nc5cnn(CC(F)(F)F)c5)nn34)cc2)CC1. The number of benzene rings is 1. The lowest BCUT2D eigenvalue weighted by atomic mass is 10.1. The lowest BCUT2D eigenvalue weighted by Crippen LogP contribution is -2.39. The van der Waals surface area contributed by atoms with Gasteiger partial charge in [-0.15, -0.1) is 5.10 Å². The summed E-state index contributed by atoms with van der Waals surface area (Å²) in [6, 6.07) is 13.5. The van der Waals surface area contributed by atoms with Gasteiger partial charge in [-0.2, -0.15) is 23.3 Å². The predicted molar refractivity (Wildman–Crippen MR) is 124 cm³/mol. The third-order valence-electron chi connectivity index (χ3n) is 5.68. The lowest BCUT2D eigenvalue weighted by Gasteiger charge is -2.26. The fourth-order valence-electron chi connectivity index (χ4n) is 3.95. The molecule has 4 heterocycles. The van der Waals surface area contributed by atoms with Crippen LogP contribution in [-0.4, -0.2) is 68.5 Å². The van der Waals surface area contributed by atoms with Gasteiger partial charge in [0.05, 0.1) is 29.1 Å². The minimum atomic E-state index is -4.36. The van der Waals surface area contributed by atoms with E-state index in [0.717, 1.165) is 21.5 Å². The van der Waals surface area contributed by atoms with Crippen LogP contribution in [0.4, 0.5) is 24.8 Å². The van der Waals surface area contributed by atoms with Crippen molar-refractivity contribution in [3.63, 3.8) is 0 Å². The Hall–Kier alpha value is -3.45. The summed E-state index contributed by atoms with van der Waals surface area (Å²) in [5.74, 6) is 0.623. The van der Waals surface area contributed by atoms with Crippen molar-refractivity contribution >= 4 is 27.1 Å². The van der Waals surface area contributed by atoms with Crippen molar-refractivity contribution in [2.24, 2.45) is 0 Å². The Morgan fingerprint density at radius 1 is 1.03 bits per heavy atom. The summed E-state index contributed by atoms with van der Waals surface area (Å²) in [6.07, 6.45) is -1.82. The summed E-state index contributed by atoms with van der Waals surface area (Å²) in [5, 5.41) is 11.1. The van der Waals surface area contributed by atoms with Crippen molar-refractivity contribution in [2.45, 2.75) is 19.3 Å². The number of anilines is 2. The fourth-order valence-corrected chi connectivity index (χ4v) is 5.23. The number of fused-ring (bicyclic) bond motifs is 1. The first-order valence-corrected chi connectivity index (χ1v) is 12.7.